The van der Waals surface area contributed by atoms with Crippen molar-refractivity contribution in [2.24, 2.45) is 0 Å². The molecule has 0 atom stereocenters. The van der Waals surface area contributed by atoms with Crippen LogP contribution in [0.15, 0.2) is 94.4 Å². The van der Waals surface area contributed by atoms with Gasteiger partial charge in [-0.1, -0.05) is 78.0 Å². The molecule has 0 saturated carbocycles. The first-order chi connectivity index (χ1) is 14.5. The number of hydrogen-bond acceptors (Lipinski definition) is 4. The minimum absolute atomic E-state index is 0.245. The molecule has 4 nitrogen and oxygen atoms in total. The molecule has 150 valence electrons. The van der Waals surface area contributed by atoms with Gasteiger partial charge in [0.15, 0.2) is 0 Å². The zero-order valence-electron chi connectivity index (χ0n) is 16.9. The van der Waals surface area contributed by atoms with E-state index in [2.05, 4.69) is 11.4 Å². The lowest BCUT2D eigenvalue weighted by Gasteiger charge is -2.15. The standard InChI is InChI=1S/C25H22N2O2S/c1-17-13-14-21(18(2)15-17)26-22-23(30-20-11-7-4-8-12-20)25(29)27(24(22)28)16-19-9-5-3-6-10-19/h3-15,26H,16H2,1-2H3. The average molecular weight is 415 g/mol. The second-order valence-corrected chi connectivity index (χ2v) is 8.33. The summed E-state index contributed by atoms with van der Waals surface area (Å²) < 4.78 is 0. The van der Waals surface area contributed by atoms with Gasteiger partial charge >= 0.3 is 0 Å². The van der Waals surface area contributed by atoms with Crippen molar-refractivity contribution < 1.29 is 9.59 Å². The SMILES string of the molecule is Cc1ccc(NC2=C(Sc3ccccc3)C(=O)N(Cc3ccccc3)C2=O)c(C)c1. The summed E-state index contributed by atoms with van der Waals surface area (Å²) in [4.78, 5) is 29.2. The fourth-order valence-electron chi connectivity index (χ4n) is 3.36. The van der Waals surface area contributed by atoms with Crippen molar-refractivity contribution in [3.05, 3.63) is 106 Å². The predicted octanol–water partition coefficient (Wildman–Crippen LogP) is 5.29. The molecular formula is C25H22N2O2S. The quantitative estimate of drug-likeness (QED) is 0.557. The number of thioether (sulfide) groups is 1. The number of hydrogen-bond donors (Lipinski definition) is 1. The molecule has 3 aromatic rings. The summed E-state index contributed by atoms with van der Waals surface area (Å²) in [7, 11) is 0. The van der Waals surface area contributed by atoms with Crippen molar-refractivity contribution in [3.63, 3.8) is 0 Å². The van der Waals surface area contributed by atoms with Crippen LogP contribution < -0.4 is 5.32 Å². The van der Waals surface area contributed by atoms with E-state index in [4.69, 9.17) is 0 Å². The zero-order valence-corrected chi connectivity index (χ0v) is 17.7. The number of carbonyl (C=O) groups is 2. The Hall–Kier alpha value is -3.31. The Bertz CT molecular complexity index is 1120. The van der Waals surface area contributed by atoms with Gasteiger partial charge in [0.05, 0.1) is 6.54 Å². The summed E-state index contributed by atoms with van der Waals surface area (Å²) in [6, 6.07) is 25.2. The molecule has 1 heterocycles. The molecular weight excluding hydrogens is 392 g/mol. The Kier molecular flexibility index (Phi) is 5.72. The van der Waals surface area contributed by atoms with Gasteiger partial charge in [0.25, 0.3) is 11.8 Å². The summed E-state index contributed by atoms with van der Waals surface area (Å²) >= 11 is 1.32. The Balaban J connectivity index is 1.69. The highest BCUT2D eigenvalue weighted by molar-refractivity contribution is 8.04. The van der Waals surface area contributed by atoms with Crippen LogP contribution in [0.3, 0.4) is 0 Å². The number of aryl methyl sites for hydroxylation is 2. The molecule has 0 spiro atoms. The van der Waals surface area contributed by atoms with Crippen molar-refractivity contribution in [2.75, 3.05) is 5.32 Å². The Morgan fingerprint density at radius 2 is 1.50 bits per heavy atom. The molecule has 0 aromatic heterocycles. The highest BCUT2D eigenvalue weighted by atomic mass is 32.2. The third kappa shape index (κ3) is 4.16. The van der Waals surface area contributed by atoms with E-state index in [0.717, 1.165) is 27.3 Å². The third-order valence-corrected chi connectivity index (χ3v) is 6.00. The Morgan fingerprint density at radius 3 is 2.17 bits per heavy atom. The highest BCUT2D eigenvalue weighted by Gasteiger charge is 2.39. The first-order valence-corrected chi connectivity index (χ1v) is 10.6. The number of carbonyl (C=O) groups excluding carboxylic acids is 2. The van der Waals surface area contributed by atoms with Crippen molar-refractivity contribution in [1.29, 1.82) is 0 Å². The highest BCUT2D eigenvalue weighted by Crippen LogP contribution is 2.36. The molecule has 30 heavy (non-hydrogen) atoms. The van der Waals surface area contributed by atoms with Crippen molar-refractivity contribution in [2.45, 2.75) is 25.3 Å². The monoisotopic (exact) mass is 414 g/mol. The van der Waals surface area contributed by atoms with Gasteiger partial charge in [0.2, 0.25) is 0 Å². The molecule has 4 rings (SSSR count). The molecule has 0 unspecified atom stereocenters. The van der Waals surface area contributed by atoms with E-state index in [0.29, 0.717) is 10.6 Å². The van der Waals surface area contributed by atoms with E-state index in [9.17, 15) is 9.59 Å². The molecule has 1 N–H and O–H groups in total. The lowest BCUT2D eigenvalue weighted by atomic mass is 10.1. The summed E-state index contributed by atoms with van der Waals surface area (Å²) in [6.45, 7) is 4.26. The van der Waals surface area contributed by atoms with Gasteiger partial charge < -0.3 is 5.32 Å². The van der Waals surface area contributed by atoms with Gasteiger partial charge in [-0.3, -0.25) is 14.5 Å². The van der Waals surface area contributed by atoms with Crippen LogP contribution in [0.2, 0.25) is 0 Å². The predicted molar refractivity (Wildman–Crippen MR) is 121 cm³/mol. The van der Waals surface area contributed by atoms with E-state index in [-0.39, 0.29) is 18.4 Å². The maximum absolute atomic E-state index is 13.3. The third-order valence-electron chi connectivity index (χ3n) is 4.91. The minimum Gasteiger partial charge on any atom is -0.350 e. The van der Waals surface area contributed by atoms with Gasteiger partial charge in [-0.15, -0.1) is 0 Å². The van der Waals surface area contributed by atoms with Gasteiger partial charge in [0.1, 0.15) is 10.6 Å². The minimum atomic E-state index is -0.303. The number of anilines is 1. The van der Waals surface area contributed by atoms with Crippen LogP contribution in [0.5, 0.6) is 0 Å². The first kappa shape index (κ1) is 20.0. The second kappa shape index (κ2) is 8.59. The van der Waals surface area contributed by atoms with Gasteiger partial charge in [-0.05, 0) is 43.2 Å². The Morgan fingerprint density at radius 1 is 0.833 bits per heavy atom. The van der Waals surface area contributed by atoms with Crippen molar-refractivity contribution in [3.8, 4) is 0 Å². The fraction of sp³-hybridized carbons (Fsp3) is 0.120. The summed E-state index contributed by atoms with van der Waals surface area (Å²) in [6.07, 6.45) is 0. The molecule has 2 amide bonds. The Labute approximate surface area is 180 Å². The summed E-state index contributed by atoms with van der Waals surface area (Å²) in [5, 5.41) is 3.25. The molecule has 0 bridgehead atoms. The maximum atomic E-state index is 13.3. The number of amides is 2. The van der Waals surface area contributed by atoms with Crippen LogP contribution in [0.4, 0.5) is 5.69 Å². The van der Waals surface area contributed by atoms with E-state index in [1.165, 1.54) is 16.7 Å². The average Bonchev–Trinajstić information content (AvgIpc) is 2.96. The molecule has 3 aromatic carbocycles. The maximum Gasteiger partial charge on any atom is 0.278 e. The largest absolute Gasteiger partial charge is 0.350 e. The zero-order chi connectivity index (χ0) is 21.1. The van der Waals surface area contributed by atoms with E-state index in [1.54, 1.807) is 0 Å². The molecule has 0 saturated heterocycles. The van der Waals surface area contributed by atoms with Crippen LogP contribution in [0, 0.1) is 13.8 Å². The molecule has 5 heteroatoms. The van der Waals surface area contributed by atoms with Crippen LogP contribution in [0.1, 0.15) is 16.7 Å². The van der Waals surface area contributed by atoms with E-state index in [1.807, 2.05) is 86.6 Å². The molecule has 0 aliphatic carbocycles. The molecule has 0 radical (unpaired) electrons. The van der Waals surface area contributed by atoms with Crippen molar-refractivity contribution >= 4 is 29.3 Å². The van der Waals surface area contributed by atoms with Crippen LogP contribution in [-0.4, -0.2) is 16.7 Å². The number of imide groups is 1. The topological polar surface area (TPSA) is 49.4 Å². The normalized spacial score (nSPS) is 13.9. The smallest absolute Gasteiger partial charge is 0.278 e. The summed E-state index contributed by atoms with van der Waals surface area (Å²) in [5.74, 6) is -0.577. The van der Waals surface area contributed by atoms with Gasteiger partial charge in [-0.25, -0.2) is 0 Å². The molecule has 0 fully saturated rings. The first-order valence-electron chi connectivity index (χ1n) is 9.74. The van der Waals surface area contributed by atoms with E-state index < -0.39 is 0 Å². The number of rotatable bonds is 6. The number of nitrogens with zero attached hydrogens (tertiary/aromatic N) is 1. The number of benzene rings is 3. The van der Waals surface area contributed by atoms with Crippen LogP contribution in [0.25, 0.3) is 0 Å². The van der Waals surface area contributed by atoms with Gasteiger partial charge in [0, 0.05) is 10.6 Å². The lowest BCUT2D eigenvalue weighted by Crippen LogP contribution is -2.31. The molecule has 1 aliphatic rings. The second-order valence-electron chi connectivity index (χ2n) is 7.24. The molecule has 1 aliphatic heterocycles. The van der Waals surface area contributed by atoms with Crippen LogP contribution in [-0.2, 0) is 16.1 Å². The number of nitrogens with one attached hydrogen (secondary N) is 1. The van der Waals surface area contributed by atoms with Crippen molar-refractivity contribution in [1.82, 2.24) is 4.90 Å². The fourth-order valence-corrected chi connectivity index (χ4v) is 4.33. The van der Waals surface area contributed by atoms with E-state index >= 15 is 0 Å². The van der Waals surface area contributed by atoms with Crippen LogP contribution >= 0.6 is 11.8 Å². The lowest BCUT2D eigenvalue weighted by molar-refractivity contribution is -0.137. The van der Waals surface area contributed by atoms with Gasteiger partial charge in [-0.2, -0.15) is 0 Å². The summed E-state index contributed by atoms with van der Waals surface area (Å²) in [5.41, 5.74) is 4.23.